The molecule has 1 saturated heterocycles. The number of aliphatic imine (C=N–C) groups is 1. The fourth-order valence-corrected chi connectivity index (χ4v) is 3.25. The predicted molar refractivity (Wildman–Crippen MR) is 109 cm³/mol. The Kier molecular flexibility index (Phi) is 8.51. The van der Waals surface area contributed by atoms with E-state index in [1.54, 1.807) is 21.3 Å². The van der Waals surface area contributed by atoms with E-state index in [1.807, 2.05) is 12.1 Å². The van der Waals surface area contributed by atoms with Crippen LogP contribution >= 0.6 is 0 Å². The number of nitrogens with zero attached hydrogens (tertiary/aromatic N) is 2. The Balaban J connectivity index is 2.03. The SMILES string of the molecule is CCNC(=NCc1cc(OC)c(OC)c(OC)c1)NCC1CCN(C)CC1. The molecule has 152 valence electrons. The van der Waals surface area contributed by atoms with E-state index in [-0.39, 0.29) is 0 Å². The van der Waals surface area contributed by atoms with Crippen LogP contribution in [0.5, 0.6) is 17.2 Å². The molecule has 0 atom stereocenters. The summed E-state index contributed by atoms with van der Waals surface area (Å²) in [7, 11) is 7.04. The van der Waals surface area contributed by atoms with Crippen LogP contribution < -0.4 is 24.8 Å². The Hall–Kier alpha value is -2.15. The number of hydrogen-bond acceptors (Lipinski definition) is 5. The second kappa shape index (κ2) is 10.9. The zero-order valence-corrected chi connectivity index (χ0v) is 17.3. The number of ether oxygens (including phenoxy) is 3. The molecule has 1 aliphatic rings. The van der Waals surface area contributed by atoms with E-state index in [0.29, 0.717) is 29.7 Å². The quantitative estimate of drug-likeness (QED) is 0.533. The van der Waals surface area contributed by atoms with E-state index >= 15 is 0 Å². The van der Waals surface area contributed by atoms with Crippen LogP contribution in [0, 0.1) is 5.92 Å². The summed E-state index contributed by atoms with van der Waals surface area (Å²) in [5.74, 6) is 3.43. The highest BCUT2D eigenvalue weighted by Crippen LogP contribution is 2.38. The second-order valence-corrected chi connectivity index (χ2v) is 6.86. The van der Waals surface area contributed by atoms with Crippen molar-refractivity contribution in [3.05, 3.63) is 17.7 Å². The molecule has 2 N–H and O–H groups in total. The van der Waals surface area contributed by atoms with Gasteiger partial charge in [-0.05, 0) is 63.5 Å². The van der Waals surface area contributed by atoms with Crippen molar-refractivity contribution in [2.24, 2.45) is 10.9 Å². The van der Waals surface area contributed by atoms with Gasteiger partial charge in [0, 0.05) is 13.1 Å². The third-order valence-electron chi connectivity index (χ3n) is 4.88. The third kappa shape index (κ3) is 6.20. The molecule has 27 heavy (non-hydrogen) atoms. The average Bonchev–Trinajstić information content (AvgIpc) is 2.70. The number of rotatable bonds is 8. The summed E-state index contributed by atoms with van der Waals surface area (Å²) < 4.78 is 16.2. The first-order valence-corrected chi connectivity index (χ1v) is 9.60. The van der Waals surface area contributed by atoms with Crippen LogP contribution in [0.15, 0.2) is 17.1 Å². The molecule has 0 spiro atoms. The summed E-state index contributed by atoms with van der Waals surface area (Å²) in [6.45, 7) is 6.73. The van der Waals surface area contributed by atoms with Crippen LogP contribution in [0.25, 0.3) is 0 Å². The number of piperidine rings is 1. The molecule has 0 amide bonds. The first-order chi connectivity index (χ1) is 13.1. The molecule has 1 aromatic carbocycles. The largest absolute Gasteiger partial charge is 0.493 e. The molecular weight excluding hydrogens is 344 g/mol. The van der Waals surface area contributed by atoms with Gasteiger partial charge in [0.1, 0.15) is 0 Å². The number of nitrogens with one attached hydrogen (secondary N) is 2. The Bertz CT molecular complexity index is 588. The molecule has 1 aliphatic heterocycles. The van der Waals surface area contributed by atoms with Crippen molar-refractivity contribution in [3.8, 4) is 17.2 Å². The fourth-order valence-electron chi connectivity index (χ4n) is 3.25. The minimum Gasteiger partial charge on any atom is -0.493 e. The van der Waals surface area contributed by atoms with Crippen LogP contribution in [0.1, 0.15) is 25.3 Å². The van der Waals surface area contributed by atoms with Gasteiger partial charge in [0.2, 0.25) is 5.75 Å². The highest BCUT2D eigenvalue weighted by molar-refractivity contribution is 5.79. The molecule has 2 rings (SSSR count). The van der Waals surface area contributed by atoms with Gasteiger partial charge >= 0.3 is 0 Å². The van der Waals surface area contributed by atoms with Gasteiger partial charge in [0.15, 0.2) is 17.5 Å². The maximum Gasteiger partial charge on any atom is 0.203 e. The monoisotopic (exact) mass is 378 g/mol. The highest BCUT2D eigenvalue weighted by atomic mass is 16.5. The van der Waals surface area contributed by atoms with Crippen molar-refractivity contribution in [1.29, 1.82) is 0 Å². The number of benzene rings is 1. The lowest BCUT2D eigenvalue weighted by Crippen LogP contribution is -2.42. The van der Waals surface area contributed by atoms with Crippen LogP contribution in [0.3, 0.4) is 0 Å². The fraction of sp³-hybridized carbons (Fsp3) is 0.650. The molecule has 0 aromatic heterocycles. The van der Waals surface area contributed by atoms with Crippen LogP contribution in [-0.2, 0) is 6.54 Å². The van der Waals surface area contributed by atoms with E-state index in [1.165, 1.54) is 25.9 Å². The molecule has 7 nitrogen and oxygen atoms in total. The zero-order chi connectivity index (χ0) is 19.6. The third-order valence-corrected chi connectivity index (χ3v) is 4.88. The lowest BCUT2D eigenvalue weighted by Gasteiger charge is -2.29. The molecule has 1 fully saturated rings. The Labute approximate surface area is 163 Å². The molecule has 0 saturated carbocycles. The maximum absolute atomic E-state index is 5.42. The number of guanidine groups is 1. The van der Waals surface area contributed by atoms with Crippen molar-refractivity contribution >= 4 is 5.96 Å². The topological polar surface area (TPSA) is 67.4 Å². The van der Waals surface area contributed by atoms with E-state index in [9.17, 15) is 0 Å². The van der Waals surface area contributed by atoms with Gasteiger partial charge in [-0.1, -0.05) is 0 Å². The minimum atomic E-state index is 0.527. The molecule has 1 aromatic rings. The number of methoxy groups -OCH3 is 3. The highest BCUT2D eigenvalue weighted by Gasteiger charge is 2.17. The van der Waals surface area contributed by atoms with Gasteiger partial charge < -0.3 is 29.7 Å². The first kappa shape index (κ1) is 21.2. The Morgan fingerprint density at radius 2 is 1.70 bits per heavy atom. The summed E-state index contributed by atoms with van der Waals surface area (Å²) in [6, 6.07) is 3.87. The van der Waals surface area contributed by atoms with Gasteiger partial charge in [-0.25, -0.2) is 4.99 Å². The zero-order valence-electron chi connectivity index (χ0n) is 17.3. The van der Waals surface area contributed by atoms with Crippen LogP contribution in [0.2, 0.25) is 0 Å². The maximum atomic E-state index is 5.42. The van der Waals surface area contributed by atoms with Gasteiger partial charge in [-0.3, -0.25) is 0 Å². The normalized spacial score (nSPS) is 16.1. The summed E-state index contributed by atoms with van der Waals surface area (Å²) in [4.78, 5) is 7.11. The van der Waals surface area contributed by atoms with Gasteiger partial charge in [-0.2, -0.15) is 0 Å². The lowest BCUT2D eigenvalue weighted by molar-refractivity contribution is 0.220. The minimum absolute atomic E-state index is 0.527. The van der Waals surface area contributed by atoms with E-state index < -0.39 is 0 Å². The molecule has 1 heterocycles. The molecule has 0 aliphatic carbocycles. The van der Waals surface area contributed by atoms with Crippen LogP contribution in [-0.4, -0.2) is 65.4 Å². The van der Waals surface area contributed by atoms with Crippen molar-refractivity contribution in [1.82, 2.24) is 15.5 Å². The average molecular weight is 379 g/mol. The first-order valence-electron chi connectivity index (χ1n) is 9.60. The Morgan fingerprint density at radius 3 is 2.22 bits per heavy atom. The van der Waals surface area contributed by atoms with Crippen molar-refractivity contribution in [2.75, 3.05) is 54.6 Å². The van der Waals surface area contributed by atoms with Crippen molar-refractivity contribution < 1.29 is 14.2 Å². The summed E-state index contributed by atoms with van der Waals surface area (Å²) in [6.07, 6.45) is 2.46. The Morgan fingerprint density at radius 1 is 1.07 bits per heavy atom. The number of hydrogen-bond donors (Lipinski definition) is 2. The molecule has 0 bridgehead atoms. The summed E-state index contributed by atoms with van der Waals surface area (Å²) in [5, 5.41) is 6.81. The molecule has 7 heteroatoms. The van der Waals surface area contributed by atoms with Crippen molar-refractivity contribution in [3.63, 3.8) is 0 Å². The lowest BCUT2D eigenvalue weighted by atomic mass is 9.97. The van der Waals surface area contributed by atoms with Crippen LogP contribution in [0.4, 0.5) is 0 Å². The standard InChI is InChI=1S/C20H34N4O3/c1-6-21-20(22-13-15-7-9-24(2)10-8-15)23-14-16-11-17(25-3)19(27-5)18(12-16)26-4/h11-12,15H,6-10,13-14H2,1-5H3,(H2,21,22,23). The molecule has 0 unspecified atom stereocenters. The van der Waals surface area contributed by atoms with Gasteiger partial charge in [0.25, 0.3) is 0 Å². The van der Waals surface area contributed by atoms with Crippen molar-refractivity contribution in [2.45, 2.75) is 26.3 Å². The molecule has 0 radical (unpaired) electrons. The predicted octanol–water partition coefficient (Wildman–Crippen LogP) is 2.11. The van der Waals surface area contributed by atoms with E-state index in [4.69, 9.17) is 19.2 Å². The second-order valence-electron chi connectivity index (χ2n) is 6.86. The van der Waals surface area contributed by atoms with E-state index in [2.05, 4.69) is 29.5 Å². The summed E-state index contributed by atoms with van der Waals surface area (Å²) in [5.41, 5.74) is 1.00. The van der Waals surface area contributed by atoms with Gasteiger partial charge in [-0.15, -0.1) is 0 Å². The smallest absolute Gasteiger partial charge is 0.203 e. The number of likely N-dealkylation sites (tertiary alicyclic amines) is 1. The molecular formula is C20H34N4O3. The summed E-state index contributed by atoms with van der Waals surface area (Å²) >= 11 is 0. The van der Waals surface area contributed by atoms with E-state index in [0.717, 1.165) is 24.6 Å². The van der Waals surface area contributed by atoms with Gasteiger partial charge in [0.05, 0.1) is 27.9 Å².